The molecule has 1 heterocycles. The lowest BCUT2D eigenvalue weighted by Gasteiger charge is -2.33. The Hall–Kier alpha value is -2.24. The summed E-state index contributed by atoms with van der Waals surface area (Å²) in [6, 6.07) is 8.58. The minimum atomic E-state index is 0.0337. The monoisotopic (exact) mass is 311 g/mol. The normalized spacial score (nSPS) is 20.1. The molecule has 0 N–H and O–H groups in total. The number of carbonyl (C=O) groups is 1. The van der Waals surface area contributed by atoms with Crippen molar-refractivity contribution >= 4 is 5.91 Å². The molecule has 0 saturated heterocycles. The minimum Gasteiger partial charge on any atom is -0.337 e. The fourth-order valence-electron chi connectivity index (χ4n) is 3.36. The number of hydrogen-bond acceptors (Lipinski definition) is 4. The van der Waals surface area contributed by atoms with E-state index in [1.807, 2.05) is 11.9 Å². The fraction of sp³-hybridized carbons (Fsp3) is 0.529. The maximum atomic E-state index is 12.6. The summed E-state index contributed by atoms with van der Waals surface area (Å²) < 4.78 is 0. The lowest BCUT2D eigenvalue weighted by molar-refractivity contribution is -0.133. The lowest BCUT2D eigenvalue weighted by Crippen LogP contribution is -2.36. The van der Waals surface area contributed by atoms with Crippen LogP contribution in [-0.4, -0.2) is 38.1 Å². The average Bonchev–Trinajstić information content (AvgIpc) is 3.33. The van der Waals surface area contributed by atoms with Gasteiger partial charge in [0.25, 0.3) is 0 Å². The first-order chi connectivity index (χ1) is 11.2. The van der Waals surface area contributed by atoms with Gasteiger partial charge in [0.1, 0.15) is 6.54 Å². The van der Waals surface area contributed by atoms with Crippen LogP contribution in [0, 0.1) is 0 Å². The topological polar surface area (TPSA) is 63.9 Å². The summed E-state index contributed by atoms with van der Waals surface area (Å²) >= 11 is 0. The van der Waals surface area contributed by atoms with Gasteiger partial charge in [0.2, 0.25) is 5.91 Å². The number of aromatic nitrogens is 4. The second-order valence-corrected chi connectivity index (χ2v) is 6.56. The lowest BCUT2D eigenvalue weighted by atomic mass is 9.87. The number of likely N-dealkylation sites (N-methyl/N-ethyl adjacent to an activating group) is 1. The highest BCUT2D eigenvalue weighted by atomic mass is 16.2. The molecule has 1 aromatic heterocycles. The van der Waals surface area contributed by atoms with Gasteiger partial charge in [-0.3, -0.25) is 4.79 Å². The molecule has 4 rings (SSSR count). The molecule has 1 aromatic carbocycles. The molecule has 23 heavy (non-hydrogen) atoms. The van der Waals surface area contributed by atoms with Gasteiger partial charge < -0.3 is 4.90 Å². The maximum absolute atomic E-state index is 12.6. The van der Waals surface area contributed by atoms with E-state index in [1.54, 1.807) is 0 Å². The molecule has 0 radical (unpaired) electrons. The number of carbonyl (C=O) groups excluding carboxylic acids is 1. The third-order valence-corrected chi connectivity index (χ3v) is 4.89. The van der Waals surface area contributed by atoms with Crippen LogP contribution in [-0.2, 0) is 17.8 Å². The number of tetrazole rings is 1. The van der Waals surface area contributed by atoms with Crippen LogP contribution in [0.4, 0.5) is 0 Å². The van der Waals surface area contributed by atoms with Crippen LogP contribution in [0.15, 0.2) is 24.3 Å². The van der Waals surface area contributed by atoms with E-state index in [-0.39, 0.29) is 18.5 Å². The number of benzene rings is 1. The molecule has 0 bridgehead atoms. The Morgan fingerprint density at radius 2 is 2.13 bits per heavy atom. The summed E-state index contributed by atoms with van der Waals surface area (Å²) in [6.45, 7) is 0.162. The number of fused-ring (bicyclic) bond motifs is 1. The molecule has 1 atom stereocenters. The van der Waals surface area contributed by atoms with Gasteiger partial charge in [0.15, 0.2) is 5.82 Å². The highest BCUT2D eigenvalue weighted by molar-refractivity contribution is 5.76. The Balaban J connectivity index is 1.47. The first-order valence-corrected chi connectivity index (χ1v) is 8.33. The van der Waals surface area contributed by atoms with Crippen molar-refractivity contribution in [1.82, 2.24) is 25.1 Å². The zero-order chi connectivity index (χ0) is 15.8. The fourth-order valence-corrected chi connectivity index (χ4v) is 3.36. The molecule has 0 spiro atoms. The maximum Gasteiger partial charge on any atom is 0.246 e. The Morgan fingerprint density at radius 1 is 1.30 bits per heavy atom. The van der Waals surface area contributed by atoms with Crippen molar-refractivity contribution < 1.29 is 4.79 Å². The van der Waals surface area contributed by atoms with E-state index in [2.05, 4.69) is 39.7 Å². The number of aryl methyl sites for hydroxylation is 1. The van der Waals surface area contributed by atoms with Crippen molar-refractivity contribution in [2.75, 3.05) is 7.05 Å². The zero-order valence-electron chi connectivity index (χ0n) is 13.4. The standard InChI is InChI=1S/C17H21N5O/c1-21(15-8-4-6-12-5-2-3-7-14(12)15)16(23)11-22-19-17(18-20-22)13-9-10-13/h2-3,5,7,13,15H,4,6,8-11H2,1H3. The summed E-state index contributed by atoms with van der Waals surface area (Å²) in [5.41, 5.74) is 2.64. The van der Waals surface area contributed by atoms with Crippen LogP contribution >= 0.6 is 0 Å². The van der Waals surface area contributed by atoms with Gasteiger partial charge in [-0.25, -0.2) is 0 Å². The molecule has 1 fully saturated rings. The van der Waals surface area contributed by atoms with Crippen molar-refractivity contribution in [2.24, 2.45) is 0 Å². The molecule has 1 unspecified atom stereocenters. The van der Waals surface area contributed by atoms with Crippen molar-refractivity contribution in [1.29, 1.82) is 0 Å². The molecule has 0 aliphatic heterocycles. The summed E-state index contributed by atoms with van der Waals surface area (Å²) in [6.07, 6.45) is 5.50. The van der Waals surface area contributed by atoms with Gasteiger partial charge in [-0.1, -0.05) is 24.3 Å². The SMILES string of the molecule is CN(C(=O)Cn1nnc(C2CC2)n1)C1CCCc2ccccc21. The van der Waals surface area contributed by atoms with Crippen LogP contribution in [0.5, 0.6) is 0 Å². The molecule has 1 amide bonds. The van der Waals surface area contributed by atoms with Crippen LogP contribution < -0.4 is 0 Å². The second-order valence-electron chi connectivity index (χ2n) is 6.56. The third kappa shape index (κ3) is 2.85. The summed E-state index contributed by atoms with van der Waals surface area (Å²) in [5.74, 6) is 1.27. The van der Waals surface area contributed by atoms with E-state index >= 15 is 0 Å². The summed E-state index contributed by atoms with van der Waals surface area (Å²) in [7, 11) is 1.88. The van der Waals surface area contributed by atoms with Crippen molar-refractivity contribution in [2.45, 2.75) is 50.6 Å². The largest absolute Gasteiger partial charge is 0.337 e. The summed E-state index contributed by atoms with van der Waals surface area (Å²) in [5, 5.41) is 12.4. The van der Waals surface area contributed by atoms with Crippen molar-refractivity contribution in [3.63, 3.8) is 0 Å². The van der Waals surface area contributed by atoms with E-state index in [1.165, 1.54) is 15.9 Å². The first kappa shape index (κ1) is 14.4. The van der Waals surface area contributed by atoms with Crippen molar-refractivity contribution in [3.05, 3.63) is 41.2 Å². The van der Waals surface area contributed by atoms with Crippen LogP contribution in [0.1, 0.15) is 54.6 Å². The molecular weight excluding hydrogens is 290 g/mol. The first-order valence-electron chi connectivity index (χ1n) is 8.33. The molecule has 2 aliphatic rings. The van der Waals surface area contributed by atoms with E-state index < -0.39 is 0 Å². The van der Waals surface area contributed by atoms with Crippen LogP contribution in [0.2, 0.25) is 0 Å². The molecule has 120 valence electrons. The predicted molar refractivity (Wildman–Crippen MR) is 84.7 cm³/mol. The zero-order valence-corrected chi connectivity index (χ0v) is 13.4. The smallest absolute Gasteiger partial charge is 0.246 e. The number of amides is 1. The predicted octanol–water partition coefficient (Wildman–Crippen LogP) is 2.09. The Kier molecular flexibility index (Phi) is 3.59. The molecule has 6 heteroatoms. The van der Waals surface area contributed by atoms with Gasteiger partial charge in [0.05, 0.1) is 6.04 Å². The van der Waals surface area contributed by atoms with Crippen molar-refractivity contribution in [3.8, 4) is 0 Å². The number of nitrogens with zero attached hydrogens (tertiary/aromatic N) is 5. The molecular formula is C17H21N5O. The van der Waals surface area contributed by atoms with E-state index in [0.717, 1.165) is 37.9 Å². The quantitative estimate of drug-likeness (QED) is 0.867. The highest BCUT2D eigenvalue weighted by Gasteiger charge is 2.30. The van der Waals surface area contributed by atoms with Gasteiger partial charge in [-0.05, 0) is 48.4 Å². The molecule has 2 aromatic rings. The third-order valence-electron chi connectivity index (χ3n) is 4.89. The van der Waals surface area contributed by atoms with Crippen LogP contribution in [0.25, 0.3) is 0 Å². The van der Waals surface area contributed by atoms with Gasteiger partial charge in [-0.2, -0.15) is 4.80 Å². The van der Waals surface area contributed by atoms with Gasteiger partial charge in [-0.15, -0.1) is 10.2 Å². The number of hydrogen-bond donors (Lipinski definition) is 0. The minimum absolute atomic E-state index is 0.0337. The van der Waals surface area contributed by atoms with Crippen LogP contribution in [0.3, 0.4) is 0 Å². The molecule has 1 saturated carbocycles. The molecule has 6 nitrogen and oxygen atoms in total. The van der Waals surface area contributed by atoms with E-state index in [4.69, 9.17) is 0 Å². The average molecular weight is 311 g/mol. The Bertz CT molecular complexity index is 721. The molecule has 2 aliphatic carbocycles. The van der Waals surface area contributed by atoms with E-state index in [0.29, 0.717) is 5.92 Å². The highest BCUT2D eigenvalue weighted by Crippen LogP contribution is 2.37. The number of rotatable bonds is 4. The van der Waals surface area contributed by atoms with Gasteiger partial charge in [0, 0.05) is 13.0 Å². The van der Waals surface area contributed by atoms with E-state index in [9.17, 15) is 4.79 Å². The van der Waals surface area contributed by atoms with Gasteiger partial charge >= 0.3 is 0 Å². The summed E-state index contributed by atoms with van der Waals surface area (Å²) in [4.78, 5) is 15.9. The Labute approximate surface area is 135 Å². The second kappa shape index (κ2) is 5.76. The Morgan fingerprint density at radius 3 is 2.96 bits per heavy atom.